The number of hydrogen-bond donors (Lipinski definition) is 2. The van der Waals surface area contributed by atoms with Gasteiger partial charge in [-0.1, -0.05) is 5.16 Å². The molecule has 1 aromatic carbocycles. The topological polar surface area (TPSA) is 101 Å². The molecular formula is C20H26N4O3. The molecule has 1 aromatic heterocycles. The van der Waals surface area contributed by atoms with Crippen molar-refractivity contribution in [2.45, 2.75) is 46.0 Å². The first-order chi connectivity index (χ1) is 12.9. The zero-order valence-electron chi connectivity index (χ0n) is 16.0. The minimum atomic E-state index is -0.519. The number of nitrogens with zero attached hydrogens (tertiary/aromatic N) is 2. The van der Waals surface area contributed by atoms with Gasteiger partial charge in [-0.2, -0.15) is 0 Å². The van der Waals surface area contributed by atoms with Gasteiger partial charge in [0.05, 0.1) is 23.0 Å². The number of anilines is 2. The number of primary amides is 1. The highest BCUT2D eigenvalue weighted by atomic mass is 16.5. The molecule has 3 rings (SSSR count). The summed E-state index contributed by atoms with van der Waals surface area (Å²) in [6, 6.07) is 5.23. The van der Waals surface area contributed by atoms with Gasteiger partial charge in [0.15, 0.2) is 0 Å². The van der Waals surface area contributed by atoms with Crippen molar-refractivity contribution in [3.63, 3.8) is 0 Å². The zero-order valence-corrected chi connectivity index (χ0v) is 16.0. The first-order valence-corrected chi connectivity index (χ1v) is 9.31. The Balaban J connectivity index is 1.90. The van der Waals surface area contributed by atoms with Crippen LogP contribution >= 0.6 is 0 Å². The van der Waals surface area contributed by atoms with Crippen LogP contribution < -0.4 is 16.0 Å². The minimum absolute atomic E-state index is 0.177. The summed E-state index contributed by atoms with van der Waals surface area (Å²) in [6.07, 6.45) is 3.43. The highest BCUT2D eigenvalue weighted by Gasteiger charge is 2.25. The molecule has 27 heavy (non-hydrogen) atoms. The Hall–Kier alpha value is -2.83. The maximum absolute atomic E-state index is 12.9. The predicted molar refractivity (Wildman–Crippen MR) is 104 cm³/mol. The number of nitrogens with one attached hydrogen (secondary N) is 1. The molecule has 1 aliphatic heterocycles. The maximum Gasteiger partial charge on any atom is 0.248 e. The molecule has 7 heteroatoms. The van der Waals surface area contributed by atoms with E-state index >= 15 is 0 Å². The molecule has 1 fully saturated rings. The molecule has 7 nitrogen and oxygen atoms in total. The Morgan fingerprint density at radius 2 is 1.93 bits per heavy atom. The summed E-state index contributed by atoms with van der Waals surface area (Å²) in [5, 5.41) is 6.92. The Bertz CT molecular complexity index is 833. The SMILES string of the molecule is Cc1noc(C)c1[C@H](C)C(=O)Nc1cc(C(N)=O)ccc1N1CCCCC1. The number of carbonyl (C=O) groups excluding carboxylic acids is 2. The van der Waals surface area contributed by atoms with E-state index in [0.717, 1.165) is 37.2 Å². The fourth-order valence-electron chi connectivity index (χ4n) is 3.68. The van der Waals surface area contributed by atoms with Gasteiger partial charge in [-0.25, -0.2) is 0 Å². The number of aryl methyl sites for hydroxylation is 2. The van der Waals surface area contributed by atoms with Gasteiger partial charge in [0, 0.05) is 24.2 Å². The third-order valence-electron chi connectivity index (χ3n) is 5.15. The molecule has 1 aliphatic rings. The normalized spacial score (nSPS) is 15.4. The summed E-state index contributed by atoms with van der Waals surface area (Å²) in [5.74, 6) is -0.487. The number of benzene rings is 1. The van der Waals surface area contributed by atoms with Crippen LogP contribution in [0, 0.1) is 13.8 Å². The Morgan fingerprint density at radius 1 is 1.22 bits per heavy atom. The van der Waals surface area contributed by atoms with E-state index in [1.165, 1.54) is 6.42 Å². The predicted octanol–water partition coefficient (Wildman–Crippen LogP) is 3.12. The molecule has 0 bridgehead atoms. The van der Waals surface area contributed by atoms with E-state index in [1.54, 1.807) is 19.1 Å². The molecule has 0 saturated carbocycles. The summed E-state index contributed by atoms with van der Waals surface area (Å²) in [6.45, 7) is 7.30. The van der Waals surface area contributed by atoms with Crippen LogP contribution in [-0.2, 0) is 4.79 Å². The number of piperidine rings is 1. The third kappa shape index (κ3) is 3.97. The summed E-state index contributed by atoms with van der Waals surface area (Å²) in [7, 11) is 0. The van der Waals surface area contributed by atoms with Gasteiger partial charge in [0.25, 0.3) is 0 Å². The van der Waals surface area contributed by atoms with Crippen molar-refractivity contribution >= 4 is 23.2 Å². The van der Waals surface area contributed by atoms with Crippen LogP contribution in [0.5, 0.6) is 0 Å². The van der Waals surface area contributed by atoms with Gasteiger partial charge in [0.1, 0.15) is 5.76 Å². The number of hydrogen-bond acceptors (Lipinski definition) is 5. The summed E-state index contributed by atoms with van der Waals surface area (Å²) in [4.78, 5) is 26.8. The maximum atomic E-state index is 12.9. The highest BCUT2D eigenvalue weighted by Crippen LogP contribution is 2.31. The van der Waals surface area contributed by atoms with Crippen LogP contribution in [0.2, 0.25) is 0 Å². The number of amides is 2. The van der Waals surface area contributed by atoms with Crippen LogP contribution in [0.4, 0.5) is 11.4 Å². The lowest BCUT2D eigenvalue weighted by molar-refractivity contribution is -0.117. The number of aromatic nitrogens is 1. The Morgan fingerprint density at radius 3 is 2.52 bits per heavy atom. The van der Waals surface area contributed by atoms with Crippen molar-refractivity contribution in [3.8, 4) is 0 Å². The zero-order chi connectivity index (χ0) is 19.6. The summed E-state index contributed by atoms with van der Waals surface area (Å²) < 4.78 is 5.19. The first-order valence-electron chi connectivity index (χ1n) is 9.31. The fraction of sp³-hybridized carbons (Fsp3) is 0.450. The van der Waals surface area contributed by atoms with Crippen LogP contribution in [0.25, 0.3) is 0 Å². The van der Waals surface area contributed by atoms with Crippen LogP contribution in [0.1, 0.15) is 59.5 Å². The van der Waals surface area contributed by atoms with E-state index in [0.29, 0.717) is 22.7 Å². The second kappa shape index (κ2) is 7.82. The molecular weight excluding hydrogens is 344 g/mol. The standard InChI is InChI=1S/C20H26N4O3/c1-12(18-13(2)23-27-14(18)3)20(26)22-16-11-15(19(21)25)7-8-17(16)24-9-5-4-6-10-24/h7-8,11-12H,4-6,9-10H2,1-3H3,(H2,21,25)(H,22,26)/t12-/m0/s1. The van der Waals surface area contributed by atoms with Crippen molar-refractivity contribution in [1.82, 2.24) is 5.16 Å². The molecule has 2 amide bonds. The van der Waals surface area contributed by atoms with Gasteiger partial charge in [-0.15, -0.1) is 0 Å². The molecule has 2 aromatic rings. The number of carbonyl (C=O) groups is 2. The van der Waals surface area contributed by atoms with Crippen molar-refractivity contribution in [3.05, 3.63) is 40.8 Å². The third-order valence-corrected chi connectivity index (χ3v) is 5.15. The molecule has 0 unspecified atom stereocenters. The van der Waals surface area contributed by atoms with E-state index < -0.39 is 11.8 Å². The van der Waals surface area contributed by atoms with E-state index in [2.05, 4.69) is 15.4 Å². The average Bonchev–Trinajstić information content (AvgIpc) is 3.00. The molecule has 2 heterocycles. The lowest BCUT2D eigenvalue weighted by atomic mass is 9.98. The highest BCUT2D eigenvalue weighted by molar-refractivity contribution is 6.01. The van der Waals surface area contributed by atoms with Gasteiger partial charge >= 0.3 is 0 Å². The first kappa shape index (κ1) is 18.9. The van der Waals surface area contributed by atoms with Crippen molar-refractivity contribution in [2.75, 3.05) is 23.3 Å². The largest absolute Gasteiger partial charge is 0.370 e. The fourth-order valence-corrected chi connectivity index (χ4v) is 3.68. The van der Waals surface area contributed by atoms with Crippen LogP contribution in [-0.4, -0.2) is 30.1 Å². The molecule has 3 N–H and O–H groups in total. The average molecular weight is 370 g/mol. The second-order valence-corrected chi connectivity index (χ2v) is 7.09. The van der Waals surface area contributed by atoms with Crippen molar-refractivity contribution in [1.29, 1.82) is 0 Å². The number of nitrogens with two attached hydrogens (primary N) is 1. The molecule has 144 valence electrons. The van der Waals surface area contributed by atoms with Gasteiger partial charge in [-0.05, 0) is 58.2 Å². The number of rotatable bonds is 5. The summed E-state index contributed by atoms with van der Waals surface area (Å²) in [5.41, 5.74) is 8.82. The minimum Gasteiger partial charge on any atom is -0.370 e. The van der Waals surface area contributed by atoms with Crippen LogP contribution in [0.15, 0.2) is 22.7 Å². The smallest absolute Gasteiger partial charge is 0.248 e. The van der Waals surface area contributed by atoms with Crippen LogP contribution in [0.3, 0.4) is 0 Å². The van der Waals surface area contributed by atoms with Gasteiger partial charge < -0.3 is 20.5 Å². The van der Waals surface area contributed by atoms with E-state index in [9.17, 15) is 9.59 Å². The molecule has 0 aliphatic carbocycles. The molecule has 1 saturated heterocycles. The lowest BCUT2D eigenvalue weighted by Crippen LogP contribution is -2.31. The summed E-state index contributed by atoms with van der Waals surface area (Å²) >= 11 is 0. The van der Waals surface area contributed by atoms with E-state index in [-0.39, 0.29) is 5.91 Å². The lowest BCUT2D eigenvalue weighted by Gasteiger charge is -2.31. The van der Waals surface area contributed by atoms with E-state index in [1.807, 2.05) is 19.9 Å². The van der Waals surface area contributed by atoms with Gasteiger partial charge in [-0.3, -0.25) is 9.59 Å². The van der Waals surface area contributed by atoms with E-state index in [4.69, 9.17) is 10.3 Å². The quantitative estimate of drug-likeness (QED) is 0.842. The molecule has 0 spiro atoms. The van der Waals surface area contributed by atoms with Gasteiger partial charge in [0.2, 0.25) is 11.8 Å². The Kier molecular flexibility index (Phi) is 5.48. The Labute approximate surface area is 158 Å². The van der Waals surface area contributed by atoms with Crippen molar-refractivity contribution < 1.29 is 14.1 Å². The molecule has 1 atom stereocenters. The molecule has 0 radical (unpaired) electrons. The second-order valence-electron chi connectivity index (χ2n) is 7.09. The monoisotopic (exact) mass is 370 g/mol. The van der Waals surface area contributed by atoms with Crippen molar-refractivity contribution in [2.24, 2.45) is 5.73 Å².